The van der Waals surface area contributed by atoms with Crippen LogP contribution in [0.5, 0.6) is 0 Å². The van der Waals surface area contributed by atoms with Gasteiger partial charge in [-0.2, -0.15) is 0 Å². The Morgan fingerprint density at radius 1 is 1.20 bits per heavy atom. The average Bonchev–Trinajstić information content (AvgIpc) is 3.24. The largest absolute Gasteiger partial charge is 0.378 e. The van der Waals surface area contributed by atoms with Crippen LogP contribution in [-0.2, 0) is 4.74 Å². The van der Waals surface area contributed by atoms with E-state index in [1.54, 1.807) is 17.0 Å². The van der Waals surface area contributed by atoms with E-state index in [1.165, 1.54) is 17.4 Å². The molecule has 2 aromatic carbocycles. The van der Waals surface area contributed by atoms with E-state index in [-0.39, 0.29) is 29.6 Å². The predicted molar refractivity (Wildman–Crippen MR) is 146 cm³/mol. The van der Waals surface area contributed by atoms with Gasteiger partial charge in [0.1, 0.15) is 5.69 Å². The number of carbonyl (C=O) groups excluding carboxylic acids is 1. The Hall–Kier alpha value is -2.31. The van der Waals surface area contributed by atoms with Crippen molar-refractivity contribution in [1.82, 2.24) is 9.88 Å². The molecule has 1 aromatic heterocycles. The molecule has 1 amide bonds. The van der Waals surface area contributed by atoms with E-state index >= 15 is 0 Å². The Labute approximate surface area is 222 Å². The summed E-state index contributed by atoms with van der Waals surface area (Å²) in [6.45, 7) is 3.45. The first-order valence-electron chi connectivity index (χ1n) is 11.0. The summed E-state index contributed by atoms with van der Waals surface area (Å²) in [5, 5.41) is 12.5. The van der Waals surface area contributed by atoms with Gasteiger partial charge in [-0.15, -0.1) is 12.4 Å². The van der Waals surface area contributed by atoms with Crippen LogP contribution < -0.4 is 9.80 Å². The zero-order valence-electron chi connectivity index (χ0n) is 19.5. The summed E-state index contributed by atoms with van der Waals surface area (Å²) in [6, 6.07) is 10.5. The topological polar surface area (TPSA) is 92.0 Å². The molecule has 0 aliphatic carbocycles. The SMILES string of the molecule is CN(C)CCCN(C(=O)c1ccc(N2CCOCC2)c([N+](=O)[O-])c1)c1nc2ccc(Br)cc2s1.Cl. The molecule has 0 spiro atoms. The second kappa shape index (κ2) is 12.1. The first kappa shape index (κ1) is 27.3. The lowest BCUT2D eigenvalue weighted by Gasteiger charge is -2.28. The Morgan fingerprint density at radius 3 is 2.63 bits per heavy atom. The van der Waals surface area contributed by atoms with Crippen LogP contribution in [0.1, 0.15) is 16.8 Å². The molecule has 0 atom stereocenters. The zero-order valence-corrected chi connectivity index (χ0v) is 22.7. The lowest BCUT2D eigenvalue weighted by Crippen LogP contribution is -2.37. The number of carbonyl (C=O) groups is 1. The molecule has 0 N–H and O–H groups in total. The summed E-state index contributed by atoms with van der Waals surface area (Å²) in [7, 11) is 3.96. The molecular weight excluding hydrogens is 558 g/mol. The highest BCUT2D eigenvalue weighted by molar-refractivity contribution is 9.10. The number of hydrogen-bond acceptors (Lipinski definition) is 8. The minimum atomic E-state index is -0.423. The summed E-state index contributed by atoms with van der Waals surface area (Å²) >= 11 is 4.91. The van der Waals surface area contributed by atoms with Crippen molar-refractivity contribution in [3.63, 3.8) is 0 Å². The molecule has 0 bridgehead atoms. The summed E-state index contributed by atoms with van der Waals surface area (Å²) in [6.07, 6.45) is 0.742. The number of ether oxygens (including phenoxy) is 1. The maximum atomic E-state index is 13.6. The molecule has 12 heteroatoms. The molecule has 2 heterocycles. The van der Waals surface area contributed by atoms with E-state index in [2.05, 4.69) is 25.8 Å². The summed E-state index contributed by atoms with van der Waals surface area (Å²) in [5.74, 6) is -0.298. The standard InChI is InChI=1S/C23H26BrN5O4S.ClH/c1-26(2)8-3-9-28(23-25-18-6-5-17(24)15-21(18)34-23)22(30)16-4-7-19(20(14-16)29(31)32)27-10-12-33-13-11-27;/h4-7,14-15H,3,8-13H2,1-2H3;1H. The molecule has 3 aromatic rings. The third-order valence-electron chi connectivity index (χ3n) is 5.57. The Kier molecular flexibility index (Phi) is 9.42. The molecule has 1 saturated heterocycles. The average molecular weight is 585 g/mol. The van der Waals surface area contributed by atoms with Crippen LogP contribution in [0, 0.1) is 10.1 Å². The number of nitro groups is 1. The van der Waals surface area contributed by atoms with E-state index in [0.29, 0.717) is 43.7 Å². The molecule has 0 unspecified atom stereocenters. The fourth-order valence-corrected chi connectivity index (χ4v) is 5.40. The second-order valence-electron chi connectivity index (χ2n) is 8.28. The van der Waals surface area contributed by atoms with Crippen LogP contribution in [0.25, 0.3) is 10.2 Å². The van der Waals surface area contributed by atoms with Crippen molar-refractivity contribution in [2.75, 3.05) is 63.3 Å². The normalized spacial score (nSPS) is 13.7. The number of anilines is 2. The molecule has 188 valence electrons. The number of nitro benzene ring substituents is 1. The van der Waals surface area contributed by atoms with E-state index < -0.39 is 4.92 Å². The van der Waals surface area contributed by atoms with E-state index in [0.717, 1.165) is 27.7 Å². The van der Waals surface area contributed by atoms with E-state index in [4.69, 9.17) is 4.74 Å². The van der Waals surface area contributed by atoms with Crippen molar-refractivity contribution in [2.45, 2.75) is 6.42 Å². The van der Waals surface area contributed by atoms with Gasteiger partial charge in [0.2, 0.25) is 0 Å². The summed E-state index contributed by atoms with van der Waals surface area (Å²) < 4.78 is 7.27. The molecule has 0 radical (unpaired) electrons. The van der Waals surface area contributed by atoms with Gasteiger partial charge in [-0.3, -0.25) is 19.8 Å². The molecule has 35 heavy (non-hydrogen) atoms. The minimum absolute atomic E-state index is 0. The van der Waals surface area contributed by atoms with Crippen molar-refractivity contribution in [1.29, 1.82) is 0 Å². The van der Waals surface area contributed by atoms with Gasteiger partial charge >= 0.3 is 0 Å². The predicted octanol–water partition coefficient (Wildman–Crippen LogP) is 4.82. The molecule has 1 aliphatic heterocycles. The lowest BCUT2D eigenvalue weighted by molar-refractivity contribution is -0.384. The van der Waals surface area contributed by atoms with Crippen LogP contribution in [0.2, 0.25) is 0 Å². The molecule has 1 fully saturated rings. The first-order chi connectivity index (χ1) is 16.3. The number of benzene rings is 2. The highest BCUT2D eigenvalue weighted by Crippen LogP contribution is 2.34. The number of amides is 1. The second-order valence-corrected chi connectivity index (χ2v) is 10.2. The van der Waals surface area contributed by atoms with Crippen molar-refractivity contribution in [3.05, 3.63) is 56.5 Å². The van der Waals surface area contributed by atoms with E-state index in [9.17, 15) is 14.9 Å². The minimum Gasteiger partial charge on any atom is -0.378 e. The Bertz CT molecular complexity index is 1200. The summed E-state index contributed by atoms with van der Waals surface area (Å²) in [5.41, 5.74) is 1.51. The van der Waals surface area contributed by atoms with Gasteiger partial charge in [0, 0.05) is 35.7 Å². The Balaban J connectivity index is 0.00000342. The van der Waals surface area contributed by atoms with Gasteiger partial charge in [0.25, 0.3) is 11.6 Å². The molecule has 0 saturated carbocycles. The fourth-order valence-electron chi connectivity index (χ4n) is 3.86. The molecule has 4 rings (SSSR count). The monoisotopic (exact) mass is 583 g/mol. The van der Waals surface area contributed by atoms with Crippen molar-refractivity contribution in [2.24, 2.45) is 0 Å². The van der Waals surface area contributed by atoms with Crippen molar-refractivity contribution < 1.29 is 14.5 Å². The smallest absolute Gasteiger partial charge is 0.293 e. The number of hydrogen-bond donors (Lipinski definition) is 0. The number of nitrogens with zero attached hydrogens (tertiary/aromatic N) is 5. The van der Waals surface area contributed by atoms with Crippen LogP contribution in [0.15, 0.2) is 40.9 Å². The van der Waals surface area contributed by atoms with Crippen LogP contribution in [0.3, 0.4) is 0 Å². The zero-order chi connectivity index (χ0) is 24.2. The fraction of sp³-hybridized carbons (Fsp3) is 0.391. The van der Waals surface area contributed by atoms with Gasteiger partial charge in [-0.1, -0.05) is 27.3 Å². The maximum Gasteiger partial charge on any atom is 0.293 e. The van der Waals surface area contributed by atoms with Crippen molar-refractivity contribution >= 4 is 72.3 Å². The van der Waals surface area contributed by atoms with Crippen LogP contribution in [-0.4, -0.2) is 74.2 Å². The third-order valence-corrected chi connectivity index (χ3v) is 7.11. The number of halogens is 2. The number of fused-ring (bicyclic) bond motifs is 1. The molecule has 1 aliphatic rings. The highest BCUT2D eigenvalue weighted by atomic mass is 79.9. The quantitative estimate of drug-likeness (QED) is 0.277. The van der Waals surface area contributed by atoms with Crippen LogP contribution in [0.4, 0.5) is 16.5 Å². The molecule has 9 nitrogen and oxygen atoms in total. The van der Waals surface area contributed by atoms with Gasteiger partial charge in [-0.05, 0) is 57.4 Å². The summed E-state index contributed by atoms with van der Waals surface area (Å²) in [4.78, 5) is 35.4. The molecular formula is C23H27BrClN5O4S. The third kappa shape index (κ3) is 6.47. The Morgan fingerprint density at radius 2 is 1.94 bits per heavy atom. The van der Waals surface area contributed by atoms with Gasteiger partial charge in [0.15, 0.2) is 5.13 Å². The van der Waals surface area contributed by atoms with Gasteiger partial charge < -0.3 is 14.5 Å². The number of thiazole rings is 1. The maximum absolute atomic E-state index is 13.6. The van der Waals surface area contributed by atoms with Crippen LogP contribution >= 0.6 is 39.7 Å². The van der Waals surface area contributed by atoms with E-state index in [1.807, 2.05) is 37.2 Å². The van der Waals surface area contributed by atoms with Gasteiger partial charge in [-0.25, -0.2) is 4.98 Å². The number of rotatable bonds is 8. The number of aromatic nitrogens is 1. The highest BCUT2D eigenvalue weighted by Gasteiger charge is 2.27. The number of morpholine rings is 1. The first-order valence-corrected chi connectivity index (χ1v) is 12.6. The van der Waals surface area contributed by atoms with Gasteiger partial charge in [0.05, 0.1) is 28.4 Å². The van der Waals surface area contributed by atoms with Crippen molar-refractivity contribution in [3.8, 4) is 0 Å². The lowest BCUT2D eigenvalue weighted by atomic mass is 10.1.